The van der Waals surface area contributed by atoms with Crippen molar-refractivity contribution in [3.8, 4) is 11.5 Å². The topological polar surface area (TPSA) is 18.5 Å². The van der Waals surface area contributed by atoms with Crippen LogP contribution in [0, 0.1) is 59.0 Å². The van der Waals surface area contributed by atoms with Crippen molar-refractivity contribution in [2.45, 2.75) is 96.8 Å². The van der Waals surface area contributed by atoms with E-state index in [0.717, 1.165) is 54.3 Å². The van der Waals surface area contributed by atoms with E-state index in [9.17, 15) is 8.78 Å². The lowest BCUT2D eigenvalue weighted by atomic mass is 9.58. The Morgan fingerprint density at radius 2 is 1.11 bits per heavy atom. The summed E-state index contributed by atoms with van der Waals surface area (Å²) < 4.78 is 39.4. The lowest BCUT2D eigenvalue weighted by molar-refractivity contribution is 0.0366. The number of rotatable bonds is 8. The first-order chi connectivity index (χ1) is 18.1. The Bertz CT molecular complexity index is 885. The van der Waals surface area contributed by atoms with Crippen LogP contribution in [0.15, 0.2) is 24.8 Å². The predicted molar refractivity (Wildman–Crippen MR) is 146 cm³/mol. The number of benzene rings is 1. The Morgan fingerprint density at radius 3 is 1.59 bits per heavy atom. The molecule has 37 heavy (non-hydrogen) atoms. The highest BCUT2D eigenvalue weighted by Gasteiger charge is 2.40. The normalized spacial score (nSPS) is 36.4. The molecule has 0 amide bonds. The van der Waals surface area contributed by atoms with Gasteiger partial charge in [0.15, 0.2) is 11.5 Å². The zero-order chi connectivity index (χ0) is 25.8. The molecule has 206 valence electrons. The van der Waals surface area contributed by atoms with E-state index in [1.165, 1.54) is 89.2 Å². The first kappa shape index (κ1) is 27.0. The quantitative estimate of drug-likeness (QED) is 0.322. The standard InChI is InChI=1S/C33H48F2O2/c1-3-22-5-9-24(10-6-22)26-13-15-29-20-27(14-16-28(29)19-26)25-11-7-23(8-12-25)21-37-31-18-17-30(36-4-2)32(34)33(31)35/h3,17-18,22-29H,1,4-16,19-21H2,2H3. The Kier molecular flexibility index (Phi) is 9.14. The predicted octanol–water partition coefficient (Wildman–Crippen LogP) is 9.37. The van der Waals surface area contributed by atoms with Crippen LogP contribution >= 0.6 is 0 Å². The molecule has 4 aliphatic rings. The van der Waals surface area contributed by atoms with Crippen LogP contribution in [0.1, 0.15) is 96.8 Å². The van der Waals surface area contributed by atoms with Crippen molar-refractivity contribution in [3.05, 3.63) is 36.4 Å². The van der Waals surface area contributed by atoms with E-state index in [-0.39, 0.29) is 11.5 Å². The third-order valence-electron chi connectivity index (χ3n) is 10.9. The lowest BCUT2D eigenvalue weighted by Crippen LogP contribution is -2.37. The van der Waals surface area contributed by atoms with Gasteiger partial charge in [0.25, 0.3) is 0 Å². The van der Waals surface area contributed by atoms with E-state index in [1.54, 1.807) is 6.92 Å². The van der Waals surface area contributed by atoms with Gasteiger partial charge in [0.2, 0.25) is 11.6 Å². The number of hydrogen-bond acceptors (Lipinski definition) is 2. The number of fused-ring (bicyclic) bond motifs is 1. The lowest BCUT2D eigenvalue weighted by Gasteiger charge is -2.47. The van der Waals surface area contributed by atoms with Gasteiger partial charge in [-0.3, -0.25) is 0 Å². The van der Waals surface area contributed by atoms with Crippen LogP contribution in [0.4, 0.5) is 8.78 Å². The van der Waals surface area contributed by atoms with Gasteiger partial charge in [0.1, 0.15) is 0 Å². The largest absolute Gasteiger partial charge is 0.491 e. The van der Waals surface area contributed by atoms with Gasteiger partial charge >= 0.3 is 0 Å². The molecule has 5 rings (SSSR count). The number of allylic oxidation sites excluding steroid dienone is 1. The molecule has 4 fully saturated rings. The molecule has 4 atom stereocenters. The summed E-state index contributed by atoms with van der Waals surface area (Å²) in [5, 5.41) is 0. The summed E-state index contributed by atoms with van der Waals surface area (Å²) in [5.41, 5.74) is 0. The molecule has 0 heterocycles. The molecule has 2 nitrogen and oxygen atoms in total. The molecule has 0 spiro atoms. The average Bonchev–Trinajstić information content (AvgIpc) is 2.95. The summed E-state index contributed by atoms with van der Waals surface area (Å²) in [6.45, 7) is 6.56. The molecule has 4 unspecified atom stereocenters. The molecule has 4 aliphatic carbocycles. The maximum absolute atomic E-state index is 14.4. The van der Waals surface area contributed by atoms with Crippen molar-refractivity contribution in [2.24, 2.45) is 47.3 Å². The van der Waals surface area contributed by atoms with Gasteiger partial charge in [-0.1, -0.05) is 6.08 Å². The van der Waals surface area contributed by atoms with E-state index < -0.39 is 11.6 Å². The summed E-state index contributed by atoms with van der Waals surface area (Å²) in [6.07, 6.45) is 21.5. The highest BCUT2D eigenvalue weighted by atomic mass is 19.2. The van der Waals surface area contributed by atoms with Crippen LogP contribution in [0.25, 0.3) is 0 Å². The molecule has 1 aromatic rings. The van der Waals surface area contributed by atoms with Crippen LogP contribution in [-0.2, 0) is 0 Å². The third kappa shape index (κ3) is 6.36. The average molecular weight is 515 g/mol. The molecule has 0 bridgehead atoms. The fourth-order valence-electron chi connectivity index (χ4n) is 8.60. The Morgan fingerprint density at radius 1 is 0.676 bits per heavy atom. The molecule has 0 N–H and O–H groups in total. The van der Waals surface area contributed by atoms with Crippen molar-refractivity contribution in [2.75, 3.05) is 13.2 Å². The third-order valence-corrected chi connectivity index (χ3v) is 10.9. The summed E-state index contributed by atoms with van der Waals surface area (Å²) >= 11 is 0. The Hall–Kier alpha value is -1.58. The summed E-state index contributed by atoms with van der Waals surface area (Å²) in [6, 6.07) is 2.96. The number of halogens is 2. The first-order valence-electron chi connectivity index (χ1n) is 15.4. The van der Waals surface area contributed by atoms with Crippen LogP contribution in [0.2, 0.25) is 0 Å². The summed E-state index contributed by atoms with van der Waals surface area (Å²) in [7, 11) is 0. The molecule has 0 radical (unpaired) electrons. The number of hydrogen-bond donors (Lipinski definition) is 0. The minimum atomic E-state index is -0.951. The van der Waals surface area contributed by atoms with E-state index in [2.05, 4.69) is 12.7 Å². The van der Waals surface area contributed by atoms with Crippen molar-refractivity contribution >= 4 is 0 Å². The minimum Gasteiger partial charge on any atom is -0.491 e. The molecule has 0 saturated heterocycles. The van der Waals surface area contributed by atoms with Crippen molar-refractivity contribution in [1.82, 2.24) is 0 Å². The Balaban J connectivity index is 1.04. The van der Waals surface area contributed by atoms with Crippen LogP contribution in [0.3, 0.4) is 0 Å². The van der Waals surface area contributed by atoms with Gasteiger partial charge in [-0.15, -0.1) is 6.58 Å². The van der Waals surface area contributed by atoms with Gasteiger partial charge in [0.05, 0.1) is 13.2 Å². The van der Waals surface area contributed by atoms with Crippen LogP contribution in [-0.4, -0.2) is 13.2 Å². The summed E-state index contributed by atoms with van der Waals surface area (Å²) in [4.78, 5) is 0. The van der Waals surface area contributed by atoms with Crippen LogP contribution < -0.4 is 9.47 Å². The highest BCUT2D eigenvalue weighted by molar-refractivity contribution is 5.35. The first-order valence-corrected chi connectivity index (χ1v) is 15.4. The van der Waals surface area contributed by atoms with Crippen molar-refractivity contribution in [1.29, 1.82) is 0 Å². The monoisotopic (exact) mass is 514 g/mol. The van der Waals surface area contributed by atoms with Crippen LogP contribution in [0.5, 0.6) is 11.5 Å². The molecular weight excluding hydrogens is 466 g/mol. The molecule has 0 aromatic heterocycles. The van der Waals surface area contributed by atoms with Gasteiger partial charge in [-0.05, 0) is 156 Å². The zero-order valence-electron chi connectivity index (χ0n) is 22.9. The number of ether oxygens (including phenoxy) is 2. The van der Waals surface area contributed by atoms with Gasteiger partial charge in [-0.2, -0.15) is 8.78 Å². The molecule has 4 heteroatoms. The fourth-order valence-corrected chi connectivity index (χ4v) is 8.60. The molecular formula is C33H48F2O2. The van der Waals surface area contributed by atoms with E-state index in [0.29, 0.717) is 19.1 Å². The maximum Gasteiger partial charge on any atom is 0.204 e. The second-order valence-electron chi connectivity index (χ2n) is 12.8. The van der Waals surface area contributed by atoms with Gasteiger partial charge in [-0.25, -0.2) is 0 Å². The minimum absolute atomic E-state index is 0.00533. The Labute approximate surface area is 223 Å². The summed E-state index contributed by atoms with van der Waals surface area (Å²) in [5.74, 6) is 4.98. The second-order valence-corrected chi connectivity index (χ2v) is 12.8. The molecule has 4 saturated carbocycles. The molecule has 1 aromatic carbocycles. The fraction of sp³-hybridized carbons (Fsp3) is 0.758. The SMILES string of the molecule is C=CC1CCC(C2CCC3CC(C4CCC(COc5ccc(OCC)c(F)c5F)CC4)CCC3C2)CC1. The smallest absolute Gasteiger partial charge is 0.204 e. The highest BCUT2D eigenvalue weighted by Crippen LogP contribution is 2.51. The maximum atomic E-state index is 14.4. The molecule has 0 aliphatic heterocycles. The second kappa shape index (κ2) is 12.5. The van der Waals surface area contributed by atoms with E-state index in [4.69, 9.17) is 9.47 Å². The van der Waals surface area contributed by atoms with Crippen molar-refractivity contribution in [3.63, 3.8) is 0 Å². The van der Waals surface area contributed by atoms with Gasteiger partial charge < -0.3 is 9.47 Å². The zero-order valence-corrected chi connectivity index (χ0v) is 22.9. The van der Waals surface area contributed by atoms with E-state index in [1.807, 2.05) is 0 Å². The van der Waals surface area contributed by atoms with E-state index >= 15 is 0 Å². The van der Waals surface area contributed by atoms with Gasteiger partial charge in [0, 0.05) is 0 Å². The van der Waals surface area contributed by atoms with Crippen molar-refractivity contribution < 1.29 is 18.3 Å².